The second-order valence-corrected chi connectivity index (χ2v) is 7.21. The maximum atomic E-state index is 12.3. The van der Waals surface area contributed by atoms with E-state index in [4.69, 9.17) is 4.55 Å². The topological polar surface area (TPSA) is 121 Å². The van der Waals surface area contributed by atoms with Crippen molar-refractivity contribution in [2.24, 2.45) is 10.2 Å². The molecule has 0 unspecified atom stereocenters. The SMILES string of the molecule is CCn1c(O)c(C)c(C)c(N=Nc2cccc(C)c2)c1=O.CS(=O)(=O)O. The molecule has 142 valence electrons. The molecule has 0 radical (unpaired) electrons. The maximum absolute atomic E-state index is 12.3. The molecule has 0 aliphatic heterocycles. The number of pyridine rings is 1. The predicted molar refractivity (Wildman–Crippen MR) is 100 cm³/mol. The van der Waals surface area contributed by atoms with E-state index in [0.717, 1.165) is 5.56 Å². The Morgan fingerprint density at radius 2 is 1.69 bits per heavy atom. The van der Waals surface area contributed by atoms with E-state index in [1.54, 1.807) is 20.8 Å². The third-order valence-corrected chi connectivity index (χ3v) is 3.54. The summed E-state index contributed by atoms with van der Waals surface area (Å²) in [5.41, 5.74) is 3.02. The minimum atomic E-state index is -3.67. The molecule has 1 heterocycles. The average molecular weight is 381 g/mol. The zero-order valence-electron chi connectivity index (χ0n) is 15.4. The zero-order chi connectivity index (χ0) is 20.1. The normalized spacial score (nSPS) is 11.3. The molecule has 2 N–H and O–H groups in total. The van der Waals surface area contributed by atoms with Crippen molar-refractivity contribution in [1.29, 1.82) is 0 Å². The minimum absolute atomic E-state index is 0.00509. The molecular weight excluding hydrogens is 358 g/mol. The van der Waals surface area contributed by atoms with Crippen molar-refractivity contribution in [3.05, 3.63) is 51.3 Å². The number of hydrogen-bond acceptors (Lipinski definition) is 6. The van der Waals surface area contributed by atoms with E-state index in [9.17, 15) is 18.3 Å². The lowest BCUT2D eigenvalue weighted by molar-refractivity contribution is 0.406. The fraction of sp³-hybridized carbons (Fsp3) is 0.353. The molecule has 0 amide bonds. The fourth-order valence-corrected chi connectivity index (χ4v) is 2.14. The summed E-state index contributed by atoms with van der Waals surface area (Å²) in [5.74, 6) is -0.00509. The number of azo groups is 1. The standard InChI is InChI=1S/C16H19N3O2.CH4O3S/c1-5-19-15(20)12(4)11(3)14(16(19)21)18-17-13-8-6-7-10(2)9-13;1-5(2,3)4/h6-9,20H,5H2,1-4H3;1H3,(H,2,3,4). The summed E-state index contributed by atoms with van der Waals surface area (Å²) in [4.78, 5) is 12.3. The van der Waals surface area contributed by atoms with Crippen LogP contribution in [0, 0.1) is 20.8 Å². The number of nitrogens with zero attached hydrogens (tertiary/aromatic N) is 3. The molecule has 2 rings (SSSR count). The zero-order valence-corrected chi connectivity index (χ0v) is 16.2. The second kappa shape index (κ2) is 8.72. The fourth-order valence-electron chi connectivity index (χ4n) is 2.14. The molecule has 0 fully saturated rings. The van der Waals surface area contributed by atoms with Gasteiger partial charge in [0.2, 0.25) is 0 Å². The Kier molecular flexibility index (Phi) is 7.22. The van der Waals surface area contributed by atoms with Gasteiger partial charge in [-0.1, -0.05) is 12.1 Å². The first-order valence-corrected chi connectivity index (χ1v) is 9.64. The number of aromatic nitrogens is 1. The van der Waals surface area contributed by atoms with E-state index in [-0.39, 0.29) is 17.1 Å². The molecule has 1 aromatic carbocycles. The van der Waals surface area contributed by atoms with Crippen molar-refractivity contribution in [2.45, 2.75) is 34.2 Å². The Balaban J connectivity index is 0.000000597. The number of hydrogen-bond donors (Lipinski definition) is 2. The maximum Gasteiger partial charge on any atom is 0.281 e. The van der Waals surface area contributed by atoms with Gasteiger partial charge in [-0.15, -0.1) is 5.11 Å². The van der Waals surface area contributed by atoms with Crippen LogP contribution in [0.3, 0.4) is 0 Å². The molecule has 1 aromatic heterocycles. The third kappa shape index (κ3) is 6.08. The Labute approximate surface area is 152 Å². The molecule has 0 spiro atoms. The van der Waals surface area contributed by atoms with Crippen LogP contribution in [0.4, 0.5) is 11.4 Å². The summed E-state index contributed by atoms with van der Waals surface area (Å²) in [7, 11) is -3.67. The van der Waals surface area contributed by atoms with Crippen molar-refractivity contribution in [3.8, 4) is 5.88 Å². The van der Waals surface area contributed by atoms with Gasteiger partial charge in [0.1, 0.15) is 0 Å². The lowest BCUT2D eigenvalue weighted by Crippen LogP contribution is -2.20. The van der Waals surface area contributed by atoms with Gasteiger partial charge in [-0.25, -0.2) is 0 Å². The largest absolute Gasteiger partial charge is 0.494 e. The molecule has 2 aromatic rings. The van der Waals surface area contributed by atoms with Crippen LogP contribution in [0.5, 0.6) is 5.88 Å². The van der Waals surface area contributed by atoms with E-state index in [1.165, 1.54) is 4.57 Å². The summed E-state index contributed by atoms with van der Waals surface area (Å²) < 4.78 is 27.2. The van der Waals surface area contributed by atoms with Crippen molar-refractivity contribution < 1.29 is 18.1 Å². The highest BCUT2D eigenvalue weighted by atomic mass is 32.2. The summed E-state index contributed by atoms with van der Waals surface area (Å²) in [6, 6.07) is 7.59. The highest BCUT2D eigenvalue weighted by Gasteiger charge is 2.15. The van der Waals surface area contributed by atoms with Gasteiger partial charge >= 0.3 is 0 Å². The molecular formula is C17H23N3O5S. The number of aromatic hydroxyl groups is 1. The second-order valence-electron chi connectivity index (χ2n) is 5.74. The summed E-state index contributed by atoms with van der Waals surface area (Å²) in [6.45, 7) is 7.69. The van der Waals surface area contributed by atoms with E-state index in [0.29, 0.717) is 29.6 Å². The lowest BCUT2D eigenvalue weighted by atomic mass is 10.1. The molecule has 26 heavy (non-hydrogen) atoms. The summed E-state index contributed by atoms with van der Waals surface area (Å²) >= 11 is 0. The molecule has 9 heteroatoms. The van der Waals surface area contributed by atoms with Crippen molar-refractivity contribution >= 4 is 21.5 Å². The number of aryl methyl sites for hydroxylation is 1. The highest BCUT2D eigenvalue weighted by Crippen LogP contribution is 2.26. The molecule has 0 aliphatic rings. The smallest absolute Gasteiger partial charge is 0.281 e. The minimum Gasteiger partial charge on any atom is -0.494 e. The van der Waals surface area contributed by atoms with E-state index >= 15 is 0 Å². The molecule has 0 aliphatic carbocycles. The van der Waals surface area contributed by atoms with Gasteiger partial charge in [0.05, 0.1) is 11.9 Å². The van der Waals surface area contributed by atoms with Crippen molar-refractivity contribution in [2.75, 3.05) is 6.26 Å². The first kappa shape index (κ1) is 21.5. The van der Waals surface area contributed by atoms with E-state index in [1.807, 2.05) is 31.2 Å². The van der Waals surface area contributed by atoms with Crippen LogP contribution >= 0.6 is 0 Å². The Bertz CT molecular complexity index is 971. The molecule has 0 saturated heterocycles. The highest BCUT2D eigenvalue weighted by molar-refractivity contribution is 7.85. The Morgan fingerprint density at radius 1 is 1.12 bits per heavy atom. The van der Waals surface area contributed by atoms with Gasteiger partial charge in [0.15, 0.2) is 11.6 Å². The first-order chi connectivity index (χ1) is 12.0. The number of rotatable bonds is 3. The van der Waals surface area contributed by atoms with Crippen LogP contribution < -0.4 is 5.56 Å². The quantitative estimate of drug-likeness (QED) is 0.623. The van der Waals surface area contributed by atoms with Crippen molar-refractivity contribution in [1.82, 2.24) is 4.57 Å². The Morgan fingerprint density at radius 3 is 2.19 bits per heavy atom. The molecule has 8 nitrogen and oxygen atoms in total. The molecule has 0 bridgehead atoms. The average Bonchev–Trinajstić information content (AvgIpc) is 2.52. The van der Waals surface area contributed by atoms with Gasteiger partial charge in [0.25, 0.3) is 15.7 Å². The summed E-state index contributed by atoms with van der Waals surface area (Å²) in [5, 5.41) is 18.2. The lowest BCUT2D eigenvalue weighted by Gasteiger charge is -2.12. The number of benzene rings is 1. The van der Waals surface area contributed by atoms with Gasteiger partial charge < -0.3 is 5.11 Å². The van der Waals surface area contributed by atoms with Crippen LogP contribution in [-0.4, -0.2) is 28.9 Å². The van der Waals surface area contributed by atoms with Crippen molar-refractivity contribution in [3.63, 3.8) is 0 Å². The Hall–Kier alpha value is -2.52. The van der Waals surface area contributed by atoms with Gasteiger partial charge in [0, 0.05) is 12.1 Å². The van der Waals surface area contributed by atoms with Crippen LogP contribution in [0.25, 0.3) is 0 Å². The third-order valence-electron chi connectivity index (χ3n) is 3.54. The molecule has 0 saturated carbocycles. The predicted octanol–water partition coefficient (Wildman–Crippen LogP) is 3.42. The first-order valence-electron chi connectivity index (χ1n) is 7.79. The van der Waals surface area contributed by atoms with E-state index in [2.05, 4.69) is 10.2 Å². The summed E-state index contributed by atoms with van der Waals surface area (Å²) in [6.07, 6.45) is 0.715. The van der Waals surface area contributed by atoms with Gasteiger partial charge in [-0.05, 0) is 51.0 Å². The van der Waals surface area contributed by atoms with E-state index < -0.39 is 10.1 Å². The van der Waals surface area contributed by atoms with Crippen LogP contribution in [0.15, 0.2) is 39.3 Å². The monoisotopic (exact) mass is 381 g/mol. The van der Waals surface area contributed by atoms with Crippen LogP contribution in [0.2, 0.25) is 0 Å². The van der Waals surface area contributed by atoms with Crippen LogP contribution in [0.1, 0.15) is 23.6 Å². The van der Waals surface area contributed by atoms with Gasteiger partial charge in [-0.2, -0.15) is 13.5 Å². The molecule has 0 atom stereocenters. The van der Waals surface area contributed by atoms with Crippen LogP contribution in [-0.2, 0) is 16.7 Å². The van der Waals surface area contributed by atoms with Gasteiger partial charge in [-0.3, -0.25) is 13.9 Å².